The standard InChI is InChI=1S/C11H18F3N3O/c1-3-5-15-7-9(8-18-2)17-6-4-10(16-17)11(12,13)14/h4,6,9,15H,3,5,7-8H2,1-2H3. The van der Waals surface area contributed by atoms with E-state index in [1.807, 2.05) is 6.92 Å². The number of methoxy groups -OCH3 is 1. The van der Waals surface area contributed by atoms with Gasteiger partial charge in [-0.1, -0.05) is 6.92 Å². The van der Waals surface area contributed by atoms with Gasteiger partial charge in [-0.25, -0.2) is 0 Å². The van der Waals surface area contributed by atoms with Crippen molar-refractivity contribution in [2.75, 3.05) is 26.8 Å². The van der Waals surface area contributed by atoms with Crippen LogP contribution in [0.4, 0.5) is 13.2 Å². The van der Waals surface area contributed by atoms with Crippen LogP contribution in [-0.2, 0) is 10.9 Å². The molecule has 0 aliphatic carbocycles. The van der Waals surface area contributed by atoms with Gasteiger partial charge in [-0.05, 0) is 19.0 Å². The number of aromatic nitrogens is 2. The van der Waals surface area contributed by atoms with Crippen molar-refractivity contribution in [3.05, 3.63) is 18.0 Å². The van der Waals surface area contributed by atoms with E-state index in [1.165, 1.54) is 18.0 Å². The van der Waals surface area contributed by atoms with Crippen LogP contribution in [0.25, 0.3) is 0 Å². The summed E-state index contributed by atoms with van der Waals surface area (Å²) >= 11 is 0. The van der Waals surface area contributed by atoms with Gasteiger partial charge in [-0.2, -0.15) is 18.3 Å². The normalized spacial score (nSPS) is 13.8. The summed E-state index contributed by atoms with van der Waals surface area (Å²) in [7, 11) is 1.51. The van der Waals surface area contributed by atoms with Crippen molar-refractivity contribution >= 4 is 0 Å². The summed E-state index contributed by atoms with van der Waals surface area (Å²) in [6, 6.07) is 0.736. The zero-order chi connectivity index (χ0) is 13.6. The van der Waals surface area contributed by atoms with E-state index in [4.69, 9.17) is 4.74 Å². The van der Waals surface area contributed by atoms with E-state index < -0.39 is 11.9 Å². The first kappa shape index (κ1) is 15.0. The van der Waals surface area contributed by atoms with E-state index in [0.717, 1.165) is 19.0 Å². The quantitative estimate of drug-likeness (QED) is 0.767. The van der Waals surface area contributed by atoms with E-state index in [0.29, 0.717) is 13.2 Å². The van der Waals surface area contributed by atoms with Crippen LogP contribution in [-0.4, -0.2) is 36.6 Å². The van der Waals surface area contributed by atoms with Crippen LogP contribution in [0.5, 0.6) is 0 Å². The molecule has 1 aromatic heterocycles. The predicted octanol–water partition coefficient (Wildman–Crippen LogP) is 2.09. The van der Waals surface area contributed by atoms with E-state index in [1.54, 1.807) is 0 Å². The van der Waals surface area contributed by atoms with Crippen molar-refractivity contribution in [3.8, 4) is 0 Å². The second kappa shape index (κ2) is 6.75. The summed E-state index contributed by atoms with van der Waals surface area (Å²) in [4.78, 5) is 0. The van der Waals surface area contributed by atoms with E-state index in [2.05, 4.69) is 10.4 Å². The Bertz CT molecular complexity index is 352. The van der Waals surface area contributed by atoms with E-state index in [-0.39, 0.29) is 6.04 Å². The smallest absolute Gasteiger partial charge is 0.382 e. The van der Waals surface area contributed by atoms with Gasteiger partial charge in [-0.3, -0.25) is 4.68 Å². The van der Waals surface area contributed by atoms with E-state index in [9.17, 15) is 13.2 Å². The molecule has 0 bridgehead atoms. The van der Waals surface area contributed by atoms with Crippen molar-refractivity contribution in [2.24, 2.45) is 0 Å². The van der Waals surface area contributed by atoms with Crippen LogP contribution in [0.1, 0.15) is 25.1 Å². The van der Waals surface area contributed by atoms with Gasteiger partial charge in [0, 0.05) is 19.9 Å². The summed E-state index contributed by atoms with van der Waals surface area (Å²) in [5.74, 6) is 0. The first-order valence-electron chi connectivity index (χ1n) is 5.81. The molecule has 1 unspecified atom stereocenters. The minimum absolute atomic E-state index is 0.238. The number of hydrogen-bond donors (Lipinski definition) is 1. The maximum Gasteiger partial charge on any atom is 0.435 e. The Morgan fingerprint density at radius 3 is 2.72 bits per heavy atom. The van der Waals surface area contributed by atoms with Gasteiger partial charge < -0.3 is 10.1 Å². The van der Waals surface area contributed by atoms with Crippen LogP contribution in [0.15, 0.2) is 12.3 Å². The zero-order valence-electron chi connectivity index (χ0n) is 10.5. The highest BCUT2D eigenvalue weighted by atomic mass is 19.4. The first-order chi connectivity index (χ1) is 8.49. The van der Waals surface area contributed by atoms with Gasteiger partial charge in [0.25, 0.3) is 0 Å². The van der Waals surface area contributed by atoms with Crippen LogP contribution in [0.3, 0.4) is 0 Å². The number of rotatable bonds is 7. The molecule has 1 aromatic rings. The fraction of sp³-hybridized carbons (Fsp3) is 0.727. The lowest BCUT2D eigenvalue weighted by Gasteiger charge is -2.17. The van der Waals surface area contributed by atoms with Gasteiger partial charge in [0.05, 0.1) is 12.6 Å². The Labute approximate surface area is 104 Å². The van der Waals surface area contributed by atoms with Crippen molar-refractivity contribution in [1.82, 2.24) is 15.1 Å². The Kier molecular flexibility index (Phi) is 5.61. The molecular weight excluding hydrogens is 247 g/mol. The molecule has 0 saturated heterocycles. The third-order valence-electron chi connectivity index (χ3n) is 2.44. The summed E-state index contributed by atoms with van der Waals surface area (Å²) in [6.07, 6.45) is -2.10. The molecule has 0 amide bonds. The number of halogens is 3. The van der Waals surface area contributed by atoms with Crippen LogP contribution in [0, 0.1) is 0 Å². The average molecular weight is 265 g/mol. The molecular formula is C11H18F3N3O. The lowest BCUT2D eigenvalue weighted by atomic mass is 10.3. The molecule has 1 N–H and O–H groups in total. The minimum atomic E-state index is -4.40. The molecule has 0 saturated carbocycles. The van der Waals surface area contributed by atoms with Gasteiger partial charge in [0.2, 0.25) is 0 Å². The molecule has 1 heterocycles. The number of alkyl halides is 3. The van der Waals surface area contributed by atoms with Gasteiger partial charge >= 0.3 is 6.18 Å². The van der Waals surface area contributed by atoms with Crippen molar-refractivity contribution in [3.63, 3.8) is 0 Å². The predicted molar refractivity (Wildman–Crippen MR) is 61.3 cm³/mol. The summed E-state index contributed by atoms with van der Waals surface area (Å²) < 4.78 is 43.6. The molecule has 0 aliphatic heterocycles. The molecule has 0 aliphatic rings. The van der Waals surface area contributed by atoms with Gasteiger partial charge in [-0.15, -0.1) is 0 Å². The summed E-state index contributed by atoms with van der Waals surface area (Å²) in [6.45, 7) is 3.68. The fourth-order valence-electron chi connectivity index (χ4n) is 1.56. The molecule has 18 heavy (non-hydrogen) atoms. The Hall–Kier alpha value is -1.08. The molecule has 1 rings (SSSR count). The third-order valence-corrected chi connectivity index (χ3v) is 2.44. The van der Waals surface area contributed by atoms with Crippen molar-refractivity contribution < 1.29 is 17.9 Å². The van der Waals surface area contributed by atoms with Crippen LogP contribution < -0.4 is 5.32 Å². The summed E-state index contributed by atoms with van der Waals surface area (Å²) in [5, 5.41) is 6.70. The maximum atomic E-state index is 12.4. The SMILES string of the molecule is CCCNCC(COC)n1ccc(C(F)(F)F)n1. The maximum absolute atomic E-state index is 12.4. The molecule has 7 heteroatoms. The van der Waals surface area contributed by atoms with E-state index >= 15 is 0 Å². The molecule has 1 atom stereocenters. The second-order valence-corrected chi connectivity index (χ2v) is 3.99. The highest BCUT2D eigenvalue weighted by molar-refractivity contribution is 5.04. The topological polar surface area (TPSA) is 39.1 Å². The Morgan fingerprint density at radius 2 is 2.22 bits per heavy atom. The third kappa shape index (κ3) is 4.30. The summed E-state index contributed by atoms with van der Waals surface area (Å²) in [5.41, 5.74) is -0.876. The average Bonchev–Trinajstić information content (AvgIpc) is 2.77. The monoisotopic (exact) mass is 265 g/mol. The number of nitrogens with zero attached hydrogens (tertiary/aromatic N) is 2. The number of nitrogens with one attached hydrogen (secondary N) is 1. The largest absolute Gasteiger partial charge is 0.435 e. The van der Waals surface area contributed by atoms with Crippen LogP contribution in [0.2, 0.25) is 0 Å². The van der Waals surface area contributed by atoms with Crippen molar-refractivity contribution in [2.45, 2.75) is 25.6 Å². The van der Waals surface area contributed by atoms with Gasteiger partial charge in [0.15, 0.2) is 5.69 Å². The molecule has 104 valence electrons. The van der Waals surface area contributed by atoms with Gasteiger partial charge in [0.1, 0.15) is 0 Å². The van der Waals surface area contributed by atoms with Crippen molar-refractivity contribution in [1.29, 1.82) is 0 Å². The Morgan fingerprint density at radius 1 is 1.50 bits per heavy atom. The number of ether oxygens (including phenoxy) is 1. The molecule has 4 nitrogen and oxygen atoms in total. The molecule has 0 spiro atoms. The number of hydrogen-bond acceptors (Lipinski definition) is 3. The molecule has 0 radical (unpaired) electrons. The lowest BCUT2D eigenvalue weighted by molar-refractivity contribution is -0.141. The fourth-order valence-corrected chi connectivity index (χ4v) is 1.56. The first-order valence-corrected chi connectivity index (χ1v) is 5.81. The highest BCUT2D eigenvalue weighted by Crippen LogP contribution is 2.27. The van der Waals surface area contributed by atoms with Crippen LogP contribution >= 0.6 is 0 Å². The minimum Gasteiger partial charge on any atom is -0.382 e. The Balaban J connectivity index is 2.70. The molecule has 0 fully saturated rings. The second-order valence-electron chi connectivity index (χ2n) is 3.99. The highest BCUT2D eigenvalue weighted by Gasteiger charge is 2.34. The molecule has 0 aromatic carbocycles. The zero-order valence-corrected chi connectivity index (χ0v) is 10.5. The lowest BCUT2D eigenvalue weighted by Crippen LogP contribution is -2.29.